The zero-order valence-electron chi connectivity index (χ0n) is 10.6. The molecule has 6 heteroatoms. The lowest BCUT2D eigenvalue weighted by atomic mass is 10.1. The van der Waals surface area contributed by atoms with Gasteiger partial charge in [-0.2, -0.15) is 5.10 Å². The van der Waals surface area contributed by atoms with Crippen LogP contribution in [-0.2, 0) is 0 Å². The van der Waals surface area contributed by atoms with Gasteiger partial charge in [0.1, 0.15) is 5.15 Å². The van der Waals surface area contributed by atoms with E-state index in [1.54, 1.807) is 6.07 Å². The molecule has 1 amide bonds. The van der Waals surface area contributed by atoms with Crippen LogP contribution in [0.2, 0.25) is 5.15 Å². The van der Waals surface area contributed by atoms with Gasteiger partial charge in [0.15, 0.2) is 5.82 Å². The molecule has 0 saturated heterocycles. The van der Waals surface area contributed by atoms with Crippen molar-refractivity contribution in [2.75, 3.05) is 5.32 Å². The number of anilines is 1. The standard InChI is InChI=1S/C14H11ClN4O/c1-8-6-12(19-18-8)17-14(20)11-7-16-13(15)10-5-3-2-4-9(10)11/h2-7H,1H3,(H2,17,18,19,20). The Morgan fingerprint density at radius 2 is 2.05 bits per heavy atom. The number of carbonyl (C=O) groups excluding carboxylic acids is 1. The highest BCUT2D eigenvalue weighted by molar-refractivity contribution is 6.35. The number of H-pyrrole nitrogens is 1. The lowest BCUT2D eigenvalue weighted by Gasteiger charge is -2.06. The molecule has 0 bridgehead atoms. The Morgan fingerprint density at radius 1 is 1.30 bits per heavy atom. The molecule has 0 unspecified atom stereocenters. The van der Waals surface area contributed by atoms with Gasteiger partial charge in [-0.05, 0) is 12.3 Å². The zero-order chi connectivity index (χ0) is 14.1. The maximum atomic E-state index is 12.3. The van der Waals surface area contributed by atoms with Crippen LogP contribution in [0.3, 0.4) is 0 Å². The van der Waals surface area contributed by atoms with E-state index >= 15 is 0 Å². The minimum absolute atomic E-state index is 0.267. The number of rotatable bonds is 2. The average Bonchev–Trinajstić information content (AvgIpc) is 2.84. The molecular weight excluding hydrogens is 276 g/mol. The summed E-state index contributed by atoms with van der Waals surface area (Å²) >= 11 is 6.04. The summed E-state index contributed by atoms with van der Waals surface area (Å²) in [4.78, 5) is 16.4. The number of nitrogens with zero attached hydrogens (tertiary/aromatic N) is 2. The lowest BCUT2D eigenvalue weighted by Crippen LogP contribution is -2.13. The van der Waals surface area contributed by atoms with Crippen LogP contribution in [0.15, 0.2) is 36.5 Å². The predicted octanol–water partition coefficient (Wildman–Crippen LogP) is 3.17. The molecule has 3 aromatic rings. The van der Waals surface area contributed by atoms with Gasteiger partial charge in [0.05, 0.1) is 5.56 Å². The number of halogens is 1. The van der Waals surface area contributed by atoms with Crippen molar-refractivity contribution in [1.29, 1.82) is 0 Å². The molecule has 1 aromatic carbocycles. The first-order valence-corrected chi connectivity index (χ1v) is 6.39. The first kappa shape index (κ1) is 12.6. The molecule has 3 rings (SSSR count). The summed E-state index contributed by atoms with van der Waals surface area (Å²) in [5, 5.41) is 11.4. The molecule has 0 fully saturated rings. The Bertz CT molecular complexity index is 797. The van der Waals surface area contributed by atoms with E-state index < -0.39 is 0 Å². The molecule has 2 heterocycles. The topological polar surface area (TPSA) is 70.7 Å². The second kappa shape index (κ2) is 4.94. The number of amides is 1. The SMILES string of the molecule is Cc1cc(NC(=O)c2cnc(Cl)c3ccccc23)n[nH]1. The monoisotopic (exact) mass is 286 g/mol. The highest BCUT2D eigenvalue weighted by atomic mass is 35.5. The van der Waals surface area contributed by atoms with E-state index in [9.17, 15) is 4.79 Å². The van der Waals surface area contributed by atoms with Crippen molar-refractivity contribution in [3.05, 3.63) is 52.9 Å². The molecule has 0 aliphatic heterocycles. The number of aromatic amines is 1. The molecule has 0 atom stereocenters. The van der Waals surface area contributed by atoms with Gasteiger partial charge < -0.3 is 5.32 Å². The molecule has 2 aromatic heterocycles. The summed E-state index contributed by atoms with van der Waals surface area (Å²) in [6, 6.07) is 9.14. The number of aryl methyl sites for hydroxylation is 1. The highest BCUT2D eigenvalue weighted by Gasteiger charge is 2.13. The van der Waals surface area contributed by atoms with Gasteiger partial charge in [-0.3, -0.25) is 9.89 Å². The number of fused-ring (bicyclic) bond motifs is 1. The summed E-state index contributed by atoms with van der Waals surface area (Å²) < 4.78 is 0. The first-order chi connectivity index (χ1) is 9.65. The van der Waals surface area contributed by atoms with Gasteiger partial charge in [-0.15, -0.1) is 0 Å². The van der Waals surface area contributed by atoms with Gasteiger partial charge in [0, 0.05) is 23.3 Å². The third-order valence-electron chi connectivity index (χ3n) is 2.94. The summed E-state index contributed by atoms with van der Waals surface area (Å²) in [5.41, 5.74) is 1.34. The summed E-state index contributed by atoms with van der Waals surface area (Å²) in [6.45, 7) is 1.86. The molecule has 0 aliphatic carbocycles. The third-order valence-corrected chi connectivity index (χ3v) is 3.24. The van der Waals surface area contributed by atoms with Crippen molar-refractivity contribution in [2.24, 2.45) is 0 Å². The van der Waals surface area contributed by atoms with Crippen LogP contribution in [0.5, 0.6) is 0 Å². The van der Waals surface area contributed by atoms with Gasteiger partial charge in [0.25, 0.3) is 5.91 Å². The predicted molar refractivity (Wildman–Crippen MR) is 78.0 cm³/mol. The second-order valence-electron chi connectivity index (χ2n) is 4.40. The highest BCUT2D eigenvalue weighted by Crippen LogP contribution is 2.24. The number of pyridine rings is 1. The van der Waals surface area contributed by atoms with Crippen LogP contribution in [-0.4, -0.2) is 21.1 Å². The van der Waals surface area contributed by atoms with E-state index in [1.807, 2.05) is 31.2 Å². The van der Waals surface area contributed by atoms with Crippen LogP contribution in [0, 0.1) is 6.92 Å². The van der Waals surface area contributed by atoms with Crippen LogP contribution >= 0.6 is 11.6 Å². The fraction of sp³-hybridized carbons (Fsp3) is 0.0714. The van der Waals surface area contributed by atoms with Crippen molar-refractivity contribution in [2.45, 2.75) is 6.92 Å². The summed E-state index contributed by atoms with van der Waals surface area (Å²) in [7, 11) is 0. The van der Waals surface area contributed by atoms with Crippen molar-refractivity contribution >= 4 is 34.1 Å². The lowest BCUT2D eigenvalue weighted by molar-refractivity contribution is 0.102. The Kier molecular flexibility index (Phi) is 3.12. The van der Waals surface area contributed by atoms with Crippen LogP contribution in [0.4, 0.5) is 5.82 Å². The summed E-state index contributed by atoms with van der Waals surface area (Å²) in [5.74, 6) is 0.211. The average molecular weight is 287 g/mol. The van der Waals surface area contributed by atoms with Crippen molar-refractivity contribution in [1.82, 2.24) is 15.2 Å². The van der Waals surface area contributed by atoms with Gasteiger partial charge in [-0.1, -0.05) is 35.9 Å². The van der Waals surface area contributed by atoms with E-state index in [4.69, 9.17) is 11.6 Å². The molecule has 0 aliphatic rings. The molecule has 100 valence electrons. The smallest absolute Gasteiger partial charge is 0.259 e. The first-order valence-electron chi connectivity index (χ1n) is 6.02. The Balaban J connectivity index is 2.01. The molecular formula is C14H11ClN4O. The molecule has 0 radical (unpaired) electrons. The van der Waals surface area contributed by atoms with Crippen molar-refractivity contribution in [3.63, 3.8) is 0 Å². The molecule has 0 spiro atoms. The number of hydrogen-bond acceptors (Lipinski definition) is 3. The van der Waals surface area contributed by atoms with Crippen LogP contribution in [0.1, 0.15) is 16.1 Å². The minimum Gasteiger partial charge on any atom is -0.305 e. The van der Waals surface area contributed by atoms with Gasteiger partial charge in [0.2, 0.25) is 0 Å². The Morgan fingerprint density at radius 3 is 2.75 bits per heavy atom. The zero-order valence-corrected chi connectivity index (χ0v) is 11.4. The number of benzene rings is 1. The number of nitrogens with one attached hydrogen (secondary N) is 2. The molecule has 5 nitrogen and oxygen atoms in total. The normalized spacial score (nSPS) is 10.7. The summed E-state index contributed by atoms with van der Waals surface area (Å²) in [6.07, 6.45) is 1.47. The van der Waals surface area contributed by atoms with E-state index in [0.29, 0.717) is 16.5 Å². The van der Waals surface area contributed by atoms with Crippen molar-refractivity contribution < 1.29 is 4.79 Å². The molecule has 2 N–H and O–H groups in total. The number of hydrogen-bond donors (Lipinski definition) is 2. The van der Waals surface area contributed by atoms with E-state index in [0.717, 1.165) is 16.5 Å². The molecule has 20 heavy (non-hydrogen) atoms. The Hall–Kier alpha value is -2.40. The minimum atomic E-state index is -0.267. The fourth-order valence-corrected chi connectivity index (χ4v) is 2.22. The fourth-order valence-electron chi connectivity index (χ4n) is 2.00. The van der Waals surface area contributed by atoms with Crippen LogP contribution in [0.25, 0.3) is 10.8 Å². The number of aromatic nitrogens is 3. The quantitative estimate of drug-likeness (QED) is 0.711. The largest absolute Gasteiger partial charge is 0.305 e. The van der Waals surface area contributed by atoms with Crippen LogP contribution < -0.4 is 5.32 Å². The maximum absolute atomic E-state index is 12.3. The Labute approximate surface area is 120 Å². The van der Waals surface area contributed by atoms with E-state index in [1.165, 1.54) is 6.20 Å². The second-order valence-corrected chi connectivity index (χ2v) is 4.76. The number of carbonyl (C=O) groups is 1. The van der Waals surface area contributed by atoms with Gasteiger partial charge >= 0.3 is 0 Å². The van der Waals surface area contributed by atoms with Crippen molar-refractivity contribution in [3.8, 4) is 0 Å². The van der Waals surface area contributed by atoms with Gasteiger partial charge in [-0.25, -0.2) is 4.98 Å². The van der Waals surface area contributed by atoms with E-state index in [-0.39, 0.29) is 5.91 Å². The van der Waals surface area contributed by atoms with E-state index in [2.05, 4.69) is 20.5 Å². The molecule has 0 saturated carbocycles. The maximum Gasteiger partial charge on any atom is 0.259 e. The third kappa shape index (κ3) is 2.23.